The monoisotopic (exact) mass is 386 g/mol. The molecule has 1 fully saturated rings. The molecule has 0 radical (unpaired) electrons. The fourth-order valence-electron chi connectivity index (χ4n) is 3.43. The Labute approximate surface area is 161 Å². The zero-order valence-electron chi connectivity index (χ0n) is 15.7. The van der Waals surface area contributed by atoms with Crippen LogP contribution in [0.2, 0.25) is 0 Å². The quantitative estimate of drug-likeness (QED) is 0.790. The third kappa shape index (κ3) is 3.44. The number of carbonyl (C=O) groups is 1. The number of ether oxygens (including phenoxy) is 1. The molecule has 146 valence electrons. The van der Waals surface area contributed by atoms with Gasteiger partial charge in [0.05, 0.1) is 35.5 Å². The topological polar surface area (TPSA) is 71.2 Å². The number of amides is 1. The molecule has 8 heteroatoms. The van der Waals surface area contributed by atoms with Crippen molar-refractivity contribution in [3.05, 3.63) is 46.8 Å². The number of benzene rings is 1. The van der Waals surface area contributed by atoms with Crippen LogP contribution in [0.15, 0.2) is 24.4 Å². The molecule has 1 saturated carbocycles. The van der Waals surface area contributed by atoms with Crippen molar-refractivity contribution in [3.8, 4) is 11.8 Å². The lowest BCUT2D eigenvalue weighted by Gasteiger charge is -2.19. The molecule has 1 aromatic heterocycles. The number of nitrogens with zero attached hydrogens (tertiary/aromatic N) is 4. The molecule has 0 bridgehead atoms. The first kappa shape index (κ1) is 18.4. The van der Waals surface area contributed by atoms with Crippen LogP contribution < -0.4 is 4.74 Å². The molecule has 6 nitrogen and oxygen atoms in total. The van der Waals surface area contributed by atoms with E-state index in [1.807, 2.05) is 19.9 Å². The molecule has 2 aromatic rings. The van der Waals surface area contributed by atoms with Crippen LogP contribution in [-0.2, 0) is 19.6 Å². The first-order chi connectivity index (χ1) is 13.3. The maximum Gasteiger partial charge on any atom is 0.258 e. The Kier molecular flexibility index (Phi) is 4.33. The summed E-state index contributed by atoms with van der Waals surface area (Å²) in [7, 11) is 0. The van der Waals surface area contributed by atoms with Gasteiger partial charge in [-0.1, -0.05) is 0 Å². The van der Waals surface area contributed by atoms with Crippen molar-refractivity contribution in [1.82, 2.24) is 14.7 Å². The van der Waals surface area contributed by atoms with Crippen molar-refractivity contribution in [1.29, 1.82) is 5.26 Å². The van der Waals surface area contributed by atoms with Crippen molar-refractivity contribution in [2.45, 2.75) is 51.9 Å². The van der Waals surface area contributed by atoms with Gasteiger partial charge in [-0.2, -0.15) is 10.4 Å². The van der Waals surface area contributed by atoms with Gasteiger partial charge in [0.2, 0.25) is 0 Å². The molecule has 4 rings (SSSR count). The van der Waals surface area contributed by atoms with Gasteiger partial charge >= 0.3 is 0 Å². The van der Waals surface area contributed by atoms with Crippen molar-refractivity contribution in [2.75, 3.05) is 0 Å². The van der Waals surface area contributed by atoms with E-state index < -0.39 is 11.8 Å². The Bertz CT molecular complexity index is 954. The van der Waals surface area contributed by atoms with E-state index in [4.69, 9.17) is 10.00 Å². The van der Waals surface area contributed by atoms with E-state index >= 15 is 0 Å². The van der Waals surface area contributed by atoms with Gasteiger partial charge in [0, 0.05) is 37.2 Å². The lowest BCUT2D eigenvalue weighted by atomic mass is 10.1. The second kappa shape index (κ2) is 6.59. The van der Waals surface area contributed by atoms with Crippen LogP contribution in [0.4, 0.5) is 8.78 Å². The van der Waals surface area contributed by atoms with Gasteiger partial charge in [-0.05, 0) is 32.0 Å². The summed E-state index contributed by atoms with van der Waals surface area (Å²) in [6.45, 7) is 4.59. The summed E-state index contributed by atoms with van der Waals surface area (Å²) in [4.78, 5) is 14.7. The normalized spacial score (nSPS) is 19.4. The maximum absolute atomic E-state index is 13.1. The number of hydrogen-bond donors (Lipinski definition) is 0. The van der Waals surface area contributed by atoms with Gasteiger partial charge in [-0.3, -0.25) is 9.48 Å². The zero-order valence-corrected chi connectivity index (χ0v) is 15.7. The molecule has 0 N–H and O–H groups in total. The minimum atomic E-state index is -2.57. The standard InChI is InChI=1S/C20H20F2N4O2/c1-12(2)28-18-4-3-13(7-23)5-16(18)19(27)25-8-14-9-26(24-17(14)11-25)10-15-6-20(15,21)22/h3-5,9,12,15H,6,8,10-11H2,1-2H3. The number of carbonyl (C=O) groups excluding carboxylic acids is 1. The number of alkyl halides is 2. The first-order valence-corrected chi connectivity index (χ1v) is 9.20. The second-order valence-electron chi connectivity index (χ2n) is 7.64. The number of nitriles is 1. The predicted octanol–water partition coefficient (Wildman–Crippen LogP) is 3.35. The SMILES string of the molecule is CC(C)Oc1ccc(C#N)cc1C(=O)N1Cc2cn(CC3CC3(F)F)nc2C1. The van der Waals surface area contributed by atoms with E-state index in [2.05, 4.69) is 5.10 Å². The summed E-state index contributed by atoms with van der Waals surface area (Å²) >= 11 is 0. The van der Waals surface area contributed by atoms with Gasteiger partial charge in [0.15, 0.2) is 0 Å². The molecule has 1 aromatic carbocycles. The highest BCUT2D eigenvalue weighted by Crippen LogP contribution is 2.49. The van der Waals surface area contributed by atoms with Gasteiger partial charge < -0.3 is 9.64 Å². The van der Waals surface area contributed by atoms with E-state index in [1.165, 1.54) is 6.07 Å². The molecular weight excluding hydrogens is 366 g/mol. The van der Waals surface area contributed by atoms with Gasteiger partial charge in [0.1, 0.15) is 5.75 Å². The van der Waals surface area contributed by atoms with Crippen molar-refractivity contribution >= 4 is 5.91 Å². The van der Waals surface area contributed by atoms with E-state index in [-0.39, 0.29) is 25.0 Å². The Morgan fingerprint density at radius 3 is 2.79 bits per heavy atom. The van der Waals surface area contributed by atoms with Crippen LogP contribution >= 0.6 is 0 Å². The molecule has 1 atom stereocenters. The highest BCUT2D eigenvalue weighted by atomic mass is 19.3. The number of rotatable bonds is 5. The van der Waals surface area contributed by atoms with Gasteiger partial charge in [-0.25, -0.2) is 8.78 Å². The molecule has 1 amide bonds. The number of hydrogen-bond acceptors (Lipinski definition) is 4. The highest BCUT2D eigenvalue weighted by Gasteiger charge is 2.56. The maximum atomic E-state index is 13.1. The van der Waals surface area contributed by atoms with E-state index in [0.29, 0.717) is 30.0 Å². The van der Waals surface area contributed by atoms with Crippen LogP contribution in [-0.4, -0.2) is 32.6 Å². The van der Waals surface area contributed by atoms with Crippen LogP contribution in [0, 0.1) is 17.2 Å². The Hall–Kier alpha value is -2.95. The van der Waals surface area contributed by atoms with Crippen LogP contribution in [0.5, 0.6) is 5.75 Å². The third-order valence-corrected chi connectivity index (χ3v) is 4.98. The minimum Gasteiger partial charge on any atom is -0.490 e. The average molecular weight is 386 g/mol. The summed E-state index contributed by atoms with van der Waals surface area (Å²) in [5.41, 5.74) is 2.30. The summed E-state index contributed by atoms with van der Waals surface area (Å²) in [5.74, 6) is -3.03. The van der Waals surface area contributed by atoms with Gasteiger partial charge in [0.25, 0.3) is 11.8 Å². The van der Waals surface area contributed by atoms with Crippen LogP contribution in [0.3, 0.4) is 0 Å². The lowest BCUT2D eigenvalue weighted by Crippen LogP contribution is -2.27. The van der Waals surface area contributed by atoms with Crippen LogP contribution in [0.1, 0.15) is 47.4 Å². The summed E-state index contributed by atoms with van der Waals surface area (Å²) < 4.78 is 33.5. The third-order valence-electron chi connectivity index (χ3n) is 4.98. The number of halogens is 2. The molecule has 2 aliphatic rings. The molecule has 0 spiro atoms. The van der Waals surface area contributed by atoms with E-state index in [1.54, 1.807) is 27.9 Å². The second-order valence-corrected chi connectivity index (χ2v) is 7.64. The van der Waals surface area contributed by atoms with Crippen molar-refractivity contribution in [2.24, 2.45) is 5.92 Å². The predicted molar refractivity (Wildman–Crippen MR) is 95.8 cm³/mol. The lowest BCUT2D eigenvalue weighted by molar-refractivity contribution is 0.0742. The highest BCUT2D eigenvalue weighted by molar-refractivity contribution is 5.97. The molecular formula is C20H20F2N4O2. The average Bonchev–Trinajstić information content (AvgIpc) is 2.95. The smallest absolute Gasteiger partial charge is 0.258 e. The van der Waals surface area contributed by atoms with Crippen LogP contribution in [0.25, 0.3) is 0 Å². The van der Waals surface area contributed by atoms with Gasteiger partial charge in [-0.15, -0.1) is 0 Å². The number of fused-ring (bicyclic) bond motifs is 1. The zero-order chi connectivity index (χ0) is 20.1. The largest absolute Gasteiger partial charge is 0.490 e. The summed E-state index contributed by atoms with van der Waals surface area (Å²) in [5, 5.41) is 13.5. The van der Waals surface area contributed by atoms with E-state index in [0.717, 1.165) is 11.3 Å². The number of aromatic nitrogens is 2. The molecule has 1 aliphatic carbocycles. The fourth-order valence-corrected chi connectivity index (χ4v) is 3.43. The first-order valence-electron chi connectivity index (χ1n) is 9.20. The fraction of sp³-hybridized carbons (Fsp3) is 0.450. The van der Waals surface area contributed by atoms with E-state index in [9.17, 15) is 13.6 Å². The Balaban J connectivity index is 1.50. The Morgan fingerprint density at radius 2 is 2.18 bits per heavy atom. The molecule has 1 unspecified atom stereocenters. The molecule has 28 heavy (non-hydrogen) atoms. The Morgan fingerprint density at radius 1 is 1.43 bits per heavy atom. The van der Waals surface area contributed by atoms with Crippen molar-refractivity contribution < 1.29 is 18.3 Å². The van der Waals surface area contributed by atoms with Crippen molar-refractivity contribution in [3.63, 3.8) is 0 Å². The molecule has 1 aliphatic heterocycles. The molecule has 0 saturated heterocycles. The summed E-state index contributed by atoms with van der Waals surface area (Å²) in [6.07, 6.45) is 1.54. The minimum absolute atomic E-state index is 0.0873. The molecule has 2 heterocycles. The summed E-state index contributed by atoms with van der Waals surface area (Å²) in [6, 6.07) is 6.83.